The third kappa shape index (κ3) is 4.06. The number of rotatable bonds is 3. The molecule has 0 aromatic carbocycles. The highest BCUT2D eigenvalue weighted by molar-refractivity contribution is 5.86. The van der Waals surface area contributed by atoms with Crippen LogP contribution >= 0.6 is 12.4 Å². The Hall–Kier alpha value is -1.60. The van der Waals surface area contributed by atoms with Gasteiger partial charge in [0.1, 0.15) is 5.54 Å². The first kappa shape index (κ1) is 21.1. The van der Waals surface area contributed by atoms with Gasteiger partial charge in [0.25, 0.3) is 5.91 Å². The Balaban J connectivity index is 0.00000225. The summed E-state index contributed by atoms with van der Waals surface area (Å²) in [4.78, 5) is 30.2. The minimum atomic E-state index is -0.579. The van der Waals surface area contributed by atoms with Crippen molar-refractivity contribution in [3.05, 3.63) is 18.5 Å². The van der Waals surface area contributed by atoms with Crippen LogP contribution in [0.1, 0.15) is 44.9 Å². The maximum atomic E-state index is 13.5. The fraction of sp³-hybridized carbons (Fsp3) is 0.750. The second-order valence-electron chi connectivity index (χ2n) is 8.18. The molecule has 0 unspecified atom stereocenters. The minimum Gasteiger partial charge on any atom is -0.339 e. The van der Waals surface area contributed by atoms with Crippen LogP contribution in [-0.4, -0.2) is 70.7 Å². The van der Waals surface area contributed by atoms with Gasteiger partial charge in [-0.05, 0) is 44.8 Å². The number of amides is 2. The SMILES string of the molecule is Cl.O=C(C1CCCCC1)N1CCN(C(=O)C2(n3cccn3)CCNCC2)CC1. The van der Waals surface area contributed by atoms with Crippen molar-refractivity contribution in [2.45, 2.75) is 50.5 Å². The molecule has 1 aromatic rings. The Morgan fingerprint density at radius 3 is 2.21 bits per heavy atom. The molecule has 3 fully saturated rings. The summed E-state index contributed by atoms with van der Waals surface area (Å²) in [7, 11) is 0. The fourth-order valence-electron chi connectivity index (χ4n) is 4.94. The van der Waals surface area contributed by atoms with Crippen molar-refractivity contribution in [3.63, 3.8) is 0 Å². The first-order valence-corrected chi connectivity index (χ1v) is 10.5. The largest absolute Gasteiger partial charge is 0.339 e. The molecule has 156 valence electrons. The molecule has 1 aliphatic carbocycles. The summed E-state index contributed by atoms with van der Waals surface area (Å²) in [5.74, 6) is 0.684. The van der Waals surface area contributed by atoms with Crippen molar-refractivity contribution >= 4 is 24.2 Å². The van der Waals surface area contributed by atoms with Crippen molar-refractivity contribution in [1.29, 1.82) is 0 Å². The van der Waals surface area contributed by atoms with E-state index < -0.39 is 5.54 Å². The lowest BCUT2D eigenvalue weighted by atomic mass is 9.86. The van der Waals surface area contributed by atoms with Crippen LogP contribution in [-0.2, 0) is 15.1 Å². The van der Waals surface area contributed by atoms with Crippen LogP contribution in [0.3, 0.4) is 0 Å². The van der Waals surface area contributed by atoms with Gasteiger partial charge in [-0.1, -0.05) is 19.3 Å². The van der Waals surface area contributed by atoms with Crippen molar-refractivity contribution in [1.82, 2.24) is 24.9 Å². The zero-order chi connectivity index (χ0) is 18.7. The second-order valence-corrected chi connectivity index (χ2v) is 8.18. The van der Waals surface area contributed by atoms with Crippen LogP contribution < -0.4 is 5.32 Å². The first-order valence-electron chi connectivity index (χ1n) is 10.5. The number of piperidine rings is 1. The van der Waals surface area contributed by atoms with Crippen molar-refractivity contribution in [3.8, 4) is 0 Å². The van der Waals surface area contributed by atoms with E-state index in [1.165, 1.54) is 19.3 Å². The molecule has 3 heterocycles. The third-order valence-electron chi connectivity index (χ3n) is 6.60. The number of halogens is 1. The predicted octanol–water partition coefficient (Wildman–Crippen LogP) is 1.63. The maximum Gasteiger partial charge on any atom is 0.250 e. The van der Waals surface area contributed by atoms with E-state index >= 15 is 0 Å². The zero-order valence-electron chi connectivity index (χ0n) is 16.5. The Kier molecular flexibility index (Phi) is 6.99. The highest BCUT2D eigenvalue weighted by Crippen LogP contribution is 2.30. The van der Waals surface area contributed by atoms with Crippen molar-refractivity contribution in [2.24, 2.45) is 5.92 Å². The van der Waals surface area contributed by atoms with Crippen LogP contribution in [0.15, 0.2) is 18.5 Å². The number of hydrogen-bond acceptors (Lipinski definition) is 4. The molecule has 1 N–H and O–H groups in total. The van der Waals surface area contributed by atoms with Gasteiger partial charge in [0.15, 0.2) is 0 Å². The Bertz CT molecular complexity index is 646. The summed E-state index contributed by atoms with van der Waals surface area (Å²) in [6.45, 7) is 4.24. The molecule has 0 radical (unpaired) electrons. The van der Waals surface area contributed by atoms with Crippen LogP contribution in [0.25, 0.3) is 0 Å². The lowest BCUT2D eigenvalue weighted by Crippen LogP contribution is -2.60. The average Bonchev–Trinajstić information content (AvgIpc) is 3.29. The van der Waals surface area contributed by atoms with Crippen molar-refractivity contribution in [2.75, 3.05) is 39.3 Å². The molecule has 0 atom stereocenters. The zero-order valence-corrected chi connectivity index (χ0v) is 17.3. The molecule has 3 aliphatic rings. The third-order valence-corrected chi connectivity index (χ3v) is 6.60. The highest BCUT2D eigenvalue weighted by Gasteiger charge is 2.45. The molecule has 0 bridgehead atoms. The Morgan fingerprint density at radius 2 is 1.61 bits per heavy atom. The number of nitrogens with zero attached hydrogens (tertiary/aromatic N) is 4. The van der Waals surface area contributed by atoms with Crippen LogP contribution in [0, 0.1) is 5.92 Å². The van der Waals surface area contributed by atoms with E-state index in [1.54, 1.807) is 6.20 Å². The topological polar surface area (TPSA) is 70.5 Å². The average molecular weight is 410 g/mol. The predicted molar refractivity (Wildman–Crippen MR) is 109 cm³/mol. The molecule has 28 heavy (non-hydrogen) atoms. The monoisotopic (exact) mass is 409 g/mol. The minimum absolute atomic E-state index is 0. The number of aromatic nitrogens is 2. The molecule has 2 aliphatic heterocycles. The van der Waals surface area contributed by atoms with Gasteiger partial charge >= 0.3 is 0 Å². The van der Waals surface area contributed by atoms with Crippen LogP contribution in [0.4, 0.5) is 0 Å². The molecule has 1 saturated carbocycles. The van der Waals surface area contributed by atoms with E-state index in [4.69, 9.17) is 0 Å². The van der Waals surface area contributed by atoms with Gasteiger partial charge in [-0.15, -0.1) is 12.4 Å². The van der Waals surface area contributed by atoms with E-state index in [2.05, 4.69) is 10.4 Å². The van der Waals surface area contributed by atoms with E-state index in [0.29, 0.717) is 32.1 Å². The summed E-state index contributed by atoms with van der Waals surface area (Å²) in [5, 5.41) is 7.76. The summed E-state index contributed by atoms with van der Waals surface area (Å²) in [6.07, 6.45) is 10.9. The smallest absolute Gasteiger partial charge is 0.250 e. The maximum absolute atomic E-state index is 13.5. The standard InChI is InChI=1S/C20H31N5O2.ClH/c26-18(17-5-2-1-3-6-17)23-13-15-24(16-14-23)19(27)20(7-10-21-11-8-20)25-12-4-9-22-25;/h4,9,12,17,21H,1-3,5-8,10-11,13-16H2;1H. The van der Waals surface area contributed by atoms with E-state index in [0.717, 1.165) is 38.8 Å². The van der Waals surface area contributed by atoms with Crippen molar-refractivity contribution < 1.29 is 9.59 Å². The van der Waals surface area contributed by atoms with Gasteiger partial charge in [0.2, 0.25) is 5.91 Å². The number of nitrogens with one attached hydrogen (secondary N) is 1. The molecule has 0 spiro atoms. The molecular formula is C20H32ClN5O2. The van der Waals surface area contributed by atoms with E-state index in [1.807, 2.05) is 26.7 Å². The van der Waals surface area contributed by atoms with Gasteiger partial charge in [0.05, 0.1) is 0 Å². The van der Waals surface area contributed by atoms with Gasteiger partial charge in [-0.25, -0.2) is 0 Å². The number of hydrogen-bond donors (Lipinski definition) is 1. The van der Waals surface area contributed by atoms with E-state index in [9.17, 15) is 9.59 Å². The van der Waals surface area contributed by atoms with Gasteiger partial charge in [-0.2, -0.15) is 5.10 Å². The highest BCUT2D eigenvalue weighted by atomic mass is 35.5. The lowest BCUT2D eigenvalue weighted by Gasteiger charge is -2.43. The molecule has 8 heteroatoms. The molecule has 1 aromatic heterocycles. The molecule has 7 nitrogen and oxygen atoms in total. The van der Waals surface area contributed by atoms with Crippen LogP contribution in [0.5, 0.6) is 0 Å². The quantitative estimate of drug-likeness (QED) is 0.823. The first-order chi connectivity index (χ1) is 13.2. The fourth-order valence-corrected chi connectivity index (χ4v) is 4.94. The molecule has 4 rings (SSSR count). The molecule has 2 saturated heterocycles. The van der Waals surface area contributed by atoms with Crippen LogP contribution in [0.2, 0.25) is 0 Å². The number of carbonyl (C=O) groups is 2. The molecule has 2 amide bonds. The summed E-state index contributed by atoms with van der Waals surface area (Å²) >= 11 is 0. The number of carbonyl (C=O) groups excluding carboxylic acids is 2. The number of piperazine rings is 1. The normalized spacial score (nSPS) is 23.1. The molecular weight excluding hydrogens is 378 g/mol. The summed E-state index contributed by atoms with van der Waals surface area (Å²) in [5.41, 5.74) is -0.579. The Labute approximate surface area is 173 Å². The summed E-state index contributed by atoms with van der Waals surface area (Å²) < 4.78 is 1.86. The Morgan fingerprint density at radius 1 is 0.964 bits per heavy atom. The van der Waals surface area contributed by atoms with Gasteiger partial charge < -0.3 is 15.1 Å². The lowest BCUT2D eigenvalue weighted by molar-refractivity contribution is -0.149. The van der Waals surface area contributed by atoms with Gasteiger partial charge in [-0.3, -0.25) is 14.3 Å². The second kappa shape index (κ2) is 9.27. The van der Waals surface area contributed by atoms with Gasteiger partial charge in [0, 0.05) is 44.5 Å². The summed E-state index contributed by atoms with van der Waals surface area (Å²) in [6, 6.07) is 1.89. The van der Waals surface area contributed by atoms with E-state index in [-0.39, 0.29) is 24.2 Å².